The van der Waals surface area contributed by atoms with Gasteiger partial charge < -0.3 is 14.7 Å². The first-order chi connectivity index (χ1) is 8.16. The van der Waals surface area contributed by atoms with E-state index < -0.39 is 0 Å². The Morgan fingerprint density at radius 1 is 1.24 bits per heavy atom. The Morgan fingerprint density at radius 3 is 2.53 bits per heavy atom. The number of hydrogen-bond acceptors (Lipinski definition) is 2. The van der Waals surface area contributed by atoms with Crippen molar-refractivity contribution in [2.45, 2.75) is 25.7 Å². The third-order valence-corrected chi connectivity index (χ3v) is 3.97. The topological polar surface area (TPSA) is 26.8 Å². The lowest BCUT2D eigenvalue weighted by Crippen LogP contribution is -2.45. The van der Waals surface area contributed by atoms with Gasteiger partial charge in [0, 0.05) is 33.2 Å². The van der Waals surface area contributed by atoms with E-state index in [9.17, 15) is 4.79 Å². The molecule has 0 spiro atoms. The Labute approximate surface area is 105 Å². The Morgan fingerprint density at radius 2 is 1.94 bits per heavy atom. The van der Waals surface area contributed by atoms with Gasteiger partial charge in [-0.3, -0.25) is 0 Å². The predicted molar refractivity (Wildman–Crippen MR) is 69.1 cm³/mol. The summed E-state index contributed by atoms with van der Waals surface area (Å²) in [6.07, 6.45) is 4.85. The van der Waals surface area contributed by atoms with Crippen molar-refractivity contribution in [1.29, 1.82) is 0 Å². The number of likely N-dealkylation sites (tertiary alicyclic amines) is 2. The van der Waals surface area contributed by atoms with E-state index in [-0.39, 0.29) is 6.03 Å². The smallest absolute Gasteiger partial charge is 0.319 e. The molecule has 2 aliphatic rings. The van der Waals surface area contributed by atoms with Crippen molar-refractivity contribution in [3.63, 3.8) is 0 Å². The standard InChI is InChI=1S/C13H25N3O/c1-14-9-6-12(10-14)11-15(2)13(17)16-7-4-3-5-8-16/h12H,3-11H2,1-2H3. The van der Waals surface area contributed by atoms with Crippen molar-refractivity contribution in [2.24, 2.45) is 5.92 Å². The maximum Gasteiger partial charge on any atom is 0.319 e. The second kappa shape index (κ2) is 5.71. The lowest BCUT2D eigenvalue weighted by Gasteiger charge is -2.32. The van der Waals surface area contributed by atoms with Crippen LogP contribution in [0.5, 0.6) is 0 Å². The van der Waals surface area contributed by atoms with Gasteiger partial charge in [-0.25, -0.2) is 4.79 Å². The van der Waals surface area contributed by atoms with Crippen LogP contribution in [-0.2, 0) is 0 Å². The Bertz CT molecular complexity index is 263. The fourth-order valence-electron chi connectivity index (χ4n) is 2.97. The molecule has 2 rings (SSSR count). The molecule has 0 aromatic carbocycles. The first-order valence-corrected chi connectivity index (χ1v) is 6.85. The van der Waals surface area contributed by atoms with Gasteiger partial charge in [-0.05, 0) is 45.2 Å². The third kappa shape index (κ3) is 3.35. The molecule has 0 saturated carbocycles. The number of carbonyl (C=O) groups excluding carboxylic acids is 1. The van der Waals surface area contributed by atoms with Crippen LogP contribution in [0, 0.1) is 5.92 Å². The summed E-state index contributed by atoms with van der Waals surface area (Å²) in [6, 6.07) is 0.235. The first kappa shape index (κ1) is 12.7. The van der Waals surface area contributed by atoms with Crippen molar-refractivity contribution in [2.75, 3.05) is 46.8 Å². The zero-order chi connectivity index (χ0) is 12.3. The molecular formula is C13H25N3O. The molecule has 2 amide bonds. The monoisotopic (exact) mass is 239 g/mol. The van der Waals surface area contributed by atoms with Crippen LogP contribution in [0.1, 0.15) is 25.7 Å². The molecule has 0 N–H and O–H groups in total. The van der Waals surface area contributed by atoms with Crippen molar-refractivity contribution in [3.05, 3.63) is 0 Å². The molecule has 0 aliphatic carbocycles. The van der Waals surface area contributed by atoms with Crippen molar-refractivity contribution < 1.29 is 4.79 Å². The van der Waals surface area contributed by atoms with E-state index in [0.717, 1.165) is 26.2 Å². The van der Waals surface area contributed by atoms with Crippen molar-refractivity contribution >= 4 is 6.03 Å². The second-order valence-electron chi connectivity index (χ2n) is 5.63. The first-order valence-electron chi connectivity index (χ1n) is 6.85. The molecule has 0 aromatic heterocycles. The molecule has 17 heavy (non-hydrogen) atoms. The van der Waals surface area contributed by atoms with Crippen LogP contribution >= 0.6 is 0 Å². The number of piperidine rings is 1. The van der Waals surface area contributed by atoms with Gasteiger partial charge >= 0.3 is 6.03 Å². The number of urea groups is 1. The molecule has 0 aromatic rings. The molecule has 2 heterocycles. The number of hydrogen-bond donors (Lipinski definition) is 0. The summed E-state index contributed by atoms with van der Waals surface area (Å²) in [4.78, 5) is 18.5. The quantitative estimate of drug-likeness (QED) is 0.729. The molecule has 2 fully saturated rings. The summed E-state index contributed by atoms with van der Waals surface area (Å²) in [7, 11) is 4.11. The van der Waals surface area contributed by atoms with Gasteiger partial charge in [-0.2, -0.15) is 0 Å². The SMILES string of the molecule is CN1CCC(CN(C)C(=O)N2CCCCC2)C1. The molecule has 4 nitrogen and oxygen atoms in total. The summed E-state index contributed by atoms with van der Waals surface area (Å²) in [5, 5.41) is 0. The molecule has 1 unspecified atom stereocenters. The molecule has 4 heteroatoms. The maximum atomic E-state index is 12.2. The summed E-state index contributed by atoms with van der Waals surface area (Å²) in [6.45, 7) is 5.13. The molecule has 2 aliphatic heterocycles. The van der Waals surface area contributed by atoms with Gasteiger partial charge in [0.05, 0.1) is 0 Å². The minimum atomic E-state index is 0.235. The minimum absolute atomic E-state index is 0.235. The van der Waals surface area contributed by atoms with E-state index in [2.05, 4.69) is 11.9 Å². The molecule has 1 atom stereocenters. The van der Waals surface area contributed by atoms with E-state index in [1.165, 1.54) is 32.2 Å². The van der Waals surface area contributed by atoms with Crippen LogP contribution in [0.25, 0.3) is 0 Å². The van der Waals surface area contributed by atoms with Crippen LogP contribution in [0.3, 0.4) is 0 Å². The maximum absolute atomic E-state index is 12.2. The largest absolute Gasteiger partial charge is 0.327 e. The second-order valence-corrected chi connectivity index (χ2v) is 5.63. The van der Waals surface area contributed by atoms with Crippen molar-refractivity contribution in [1.82, 2.24) is 14.7 Å². The zero-order valence-electron chi connectivity index (χ0n) is 11.2. The Kier molecular flexibility index (Phi) is 4.26. The van der Waals surface area contributed by atoms with E-state index in [1.54, 1.807) is 0 Å². The third-order valence-electron chi connectivity index (χ3n) is 3.97. The highest BCUT2D eigenvalue weighted by Gasteiger charge is 2.25. The Hall–Kier alpha value is -0.770. The minimum Gasteiger partial charge on any atom is -0.327 e. The molecule has 0 bridgehead atoms. The lowest BCUT2D eigenvalue weighted by molar-refractivity contribution is 0.147. The van der Waals surface area contributed by atoms with E-state index in [1.807, 2.05) is 16.8 Å². The van der Waals surface area contributed by atoms with Gasteiger partial charge in [0.1, 0.15) is 0 Å². The summed E-state index contributed by atoms with van der Waals surface area (Å²) in [5.41, 5.74) is 0. The summed E-state index contributed by atoms with van der Waals surface area (Å²) in [5.74, 6) is 0.666. The molecule has 2 saturated heterocycles. The van der Waals surface area contributed by atoms with E-state index >= 15 is 0 Å². The molecule has 0 radical (unpaired) electrons. The summed E-state index contributed by atoms with van der Waals surface area (Å²) >= 11 is 0. The number of amides is 2. The highest BCUT2D eigenvalue weighted by Crippen LogP contribution is 2.17. The number of carbonyl (C=O) groups is 1. The average Bonchev–Trinajstić information content (AvgIpc) is 2.75. The normalized spacial score (nSPS) is 26.2. The van der Waals surface area contributed by atoms with Gasteiger partial charge in [-0.1, -0.05) is 0 Å². The molecular weight excluding hydrogens is 214 g/mol. The van der Waals surface area contributed by atoms with Crippen LogP contribution in [0.4, 0.5) is 4.79 Å². The Balaban J connectivity index is 1.78. The van der Waals surface area contributed by atoms with Gasteiger partial charge in [0.15, 0.2) is 0 Å². The number of nitrogens with zero attached hydrogens (tertiary/aromatic N) is 3. The van der Waals surface area contributed by atoms with Crippen LogP contribution in [0.2, 0.25) is 0 Å². The van der Waals surface area contributed by atoms with Crippen LogP contribution in [0.15, 0.2) is 0 Å². The van der Waals surface area contributed by atoms with Crippen LogP contribution in [-0.4, -0.2) is 67.5 Å². The predicted octanol–water partition coefficient (Wildman–Crippen LogP) is 1.48. The van der Waals surface area contributed by atoms with E-state index in [4.69, 9.17) is 0 Å². The fourth-order valence-corrected chi connectivity index (χ4v) is 2.97. The van der Waals surface area contributed by atoms with E-state index in [0.29, 0.717) is 5.92 Å². The highest BCUT2D eigenvalue weighted by molar-refractivity contribution is 5.74. The lowest BCUT2D eigenvalue weighted by atomic mass is 10.1. The molecule has 98 valence electrons. The average molecular weight is 239 g/mol. The van der Waals surface area contributed by atoms with Crippen LogP contribution < -0.4 is 0 Å². The fraction of sp³-hybridized carbons (Fsp3) is 0.923. The summed E-state index contributed by atoms with van der Waals surface area (Å²) < 4.78 is 0. The highest BCUT2D eigenvalue weighted by atomic mass is 16.2. The van der Waals surface area contributed by atoms with Crippen molar-refractivity contribution in [3.8, 4) is 0 Å². The number of rotatable bonds is 2. The van der Waals surface area contributed by atoms with Gasteiger partial charge in [-0.15, -0.1) is 0 Å². The zero-order valence-corrected chi connectivity index (χ0v) is 11.2. The van der Waals surface area contributed by atoms with Gasteiger partial charge in [0.2, 0.25) is 0 Å². The van der Waals surface area contributed by atoms with Gasteiger partial charge in [0.25, 0.3) is 0 Å².